The van der Waals surface area contributed by atoms with Crippen LogP contribution in [0.25, 0.3) is 5.73 Å². The van der Waals surface area contributed by atoms with Crippen molar-refractivity contribution >= 4 is 0 Å². The van der Waals surface area contributed by atoms with E-state index < -0.39 is 0 Å². The fraction of sp³-hybridized carbons (Fsp3) is 1.00. The average Bonchev–Trinajstić information content (AvgIpc) is 1.37. The minimum absolute atomic E-state index is 0. The van der Waals surface area contributed by atoms with E-state index >= 15 is 0 Å². The Morgan fingerprint density at radius 3 is 1.80 bits per heavy atom. The van der Waals surface area contributed by atoms with Crippen molar-refractivity contribution in [1.29, 1.82) is 0 Å². The van der Waals surface area contributed by atoms with Crippen LogP contribution < -0.4 is 24.6 Å². The first-order valence-corrected chi connectivity index (χ1v) is 1.21. The van der Waals surface area contributed by atoms with Crippen LogP contribution in [-0.4, -0.2) is 13.1 Å². The molecule has 0 saturated heterocycles. The summed E-state index contributed by atoms with van der Waals surface area (Å²) in [7, 11) is 0. The Balaban J connectivity index is 0. The molecule has 2 nitrogen and oxygen atoms in total. The number of hydrogen-bond acceptors (Lipinski definition) is 0. The third kappa shape index (κ3) is 12.4. The summed E-state index contributed by atoms with van der Waals surface area (Å²) in [4.78, 5) is 0. The Morgan fingerprint density at radius 1 is 1.60 bits per heavy atom. The molecule has 0 heterocycles. The molecule has 0 bridgehead atoms. The number of rotatable bonds is 1. The van der Waals surface area contributed by atoms with Gasteiger partial charge in [-0.15, -0.1) is 6.54 Å². The minimum atomic E-state index is 0. The first-order valence-electron chi connectivity index (χ1n) is 1.21. The van der Waals surface area contributed by atoms with Crippen molar-refractivity contribution in [2.75, 3.05) is 13.1 Å². The molecule has 0 unspecified atom stereocenters. The molecule has 0 aliphatic heterocycles. The fourth-order valence-corrected chi connectivity index (χ4v) is 0. The van der Waals surface area contributed by atoms with Gasteiger partial charge in [0.25, 0.3) is 0 Å². The van der Waals surface area contributed by atoms with Crippen LogP contribution in [0.15, 0.2) is 0 Å². The predicted molar refractivity (Wildman–Crippen MR) is 17.2 cm³/mol. The fourth-order valence-electron chi connectivity index (χ4n) is 0. The molecule has 1 radical (unpaired) electrons. The van der Waals surface area contributed by atoms with Crippen molar-refractivity contribution in [3.05, 3.63) is 5.73 Å². The minimum Gasteiger partial charge on any atom is -0.676 e. The van der Waals surface area contributed by atoms with E-state index in [0.717, 1.165) is 0 Å². The smallest absolute Gasteiger partial charge is 0.676 e. The maximum absolute atomic E-state index is 6.26. The van der Waals surface area contributed by atoms with Crippen LogP contribution in [0.5, 0.6) is 0 Å². The molecule has 0 spiro atoms. The molecule has 0 aliphatic rings. The van der Waals surface area contributed by atoms with Gasteiger partial charge in [-0.2, -0.15) is 0 Å². The van der Waals surface area contributed by atoms with Gasteiger partial charge in [-0.25, -0.2) is 0 Å². The summed E-state index contributed by atoms with van der Waals surface area (Å²) in [6, 6.07) is 0. The van der Waals surface area contributed by atoms with Gasteiger partial charge in [0.2, 0.25) is 0 Å². The van der Waals surface area contributed by atoms with Gasteiger partial charge in [0.05, 0.1) is 0 Å². The van der Waals surface area contributed by atoms with Gasteiger partial charge in [0.15, 0.2) is 0 Å². The Hall–Kier alpha value is 0.517. The van der Waals surface area contributed by atoms with Crippen molar-refractivity contribution < 1.29 is 18.9 Å². The molecule has 0 amide bonds. The molecule has 0 fully saturated rings. The van der Waals surface area contributed by atoms with Crippen molar-refractivity contribution in [3.63, 3.8) is 0 Å². The molecular formula is C2H6LiN2. The first-order chi connectivity index (χ1) is 1.91. The van der Waals surface area contributed by atoms with E-state index in [4.69, 9.17) is 11.5 Å². The summed E-state index contributed by atoms with van der Waals surface area (Å²) in [5.74, 6) is 0. The zero-order valence-corrected chi connectivity index (χ0v) is 3.41. The van der Waals surface area contributed by atoms with Gasteiger partial charge in [-0.1, -0.05) is 0 Å². The molecule has 3 heteroatoms. The van der Waals surface area contributed by atoms with Crippen molar-refractivity contribution in [1.82, 2.24) is 5.73 Å². The maximum Gasteiger partial charge on any atom is 1.00 e. The average molecular weight is 65.0 g/mol. The van der Waals surface area contributed by atoms with Crippen molar-refractivity contribution in [2.45, 2.75) is 0 Å². The molecule has 5 heavy (non-hydrogen) atoms. The normalized spacial score (nSPS) is 6.00. The third-order valence-electron chi connectivity index (χ3n) is 0.125. The van der Waals surface area contributed by atoms with E-state index in [1.165, 1.54) is 0 Å². The number of nitrogens with one attached hydrogen (secondary N) is 2. The van der Waals surface area contributed by atoms with Gasteiger partial charge in [-0.3, -0.25) is 5.73 Å². The van der Waals surface area contributed by atoms with Gasteiger partial charge in [0, 0.05) is 0 Å². The summed E-state index contributed by atoms with van der Waals surface area (Å²) in [6.45, 7) is 0.472. The molecule has 0 aromatic rings. The van der Waals surface area contributed by atoms with Gasteiger partial charge >= 0.3 is 18.9 Å². The molecule has 0 aromatic carbocycles. The molecule has 0 rings (SSSR count). The van der Waals surface area contributed by atoms with E-state index in [-0.39, 0.29) is 32.0 Å². The topological polar surface area (TPSA) is 47.6 Å². The summed E-state index contributed by atoms with van der Waals surface area (Å²) in [6.07, 6.45) is 0. The summed E-state index contributed by atoms with van der Waals surface area (Å²) < 4.78 is 0. The molecule has 0 aliphatic carbocycles. The van der Waals surface area contributed by atoms with Gasteiger partial charge < -0.3 is 5.73 Å². The molecule has 0 aromatic heterocycles. The zero-order chi connectivity index (χ0) is 3.41. The van der Waals surface area contributed by atoms with Crippen LogP contribution in [0.3, 0.4) is 0 Å². The van der Waals surface area contributed by atoms with E-state index in [0.29, 0.717) is 0 Å². The first kappa shape index (κ1) is 9.10. The van der Waals surface area contributed by atoms with Crippen LogP contribution in [0.4, 0.5) is 0 Å². The predicted octanol–water partition coefficient (Wildman–Crippen LogP) is -2.67. The van der Waals surface area contributed by atoms with Crippen LogP contribution in [0, 0.1) is 0 Å². The van der Waals surface area contributed by atoms with E-state index in [1.54, 1.807) is 0 Å². The van der Waals surface area contributed by atoms with Crippen LogP contribution in [0.2, 0.25) is 0 Å². The third-order valence-corrected chi connectivity index (χ3v) is 0.125. The molecule has 25 valence electrons. The van der Waals surface area contributed by atoms with Gasteiger partial charge in [0.1, 0.15) is 0 Å². The molecule has 0 atom stereocenters. The number of hydrogen-bond donors (Lipinski definition) is 0. The molecular weight excluding hydrogens is 59.0 g/mol. The Kier molecular flexibility index (Phi) is 16.1. The standard InChI is InChI=1S/C2H6N2.Li/c3-1-2-4;/h3-4H,1-2H2;/q-1;+1. The SMILES string of the molecule is [Li+].[NH]CC[NH-]. The Labute approximate surface area is 44.1 Å². The largest absolute Gasteiger partial charge is 1.00 e. The second-order valence-corrected chi connectivity index (χ2v) is 0.500. The Bertz CT molecular complexity index is 9.61. The van der Waals surface area contributed by atoms with E-state index in [9.17, 15) is 0 Å². The maximum atomic E-state index is 6.26. The second-order valence-electron chi connectivity index (χ2n) is 0.500. The van der Waals surface area contributed by atoms with Crippen LogP contribution >= 0.6 is 0 Å². The summed E-state index contributed by atoms with van der Waals surface area (Å²) in [5.41, 5.74) is 12.5. The van der Waals surface area contributed by atoms with Crippen LogP contribution in [-0.2, 0) is 0 Å². The monoisotopic (exact) mass is 65.1 g/mol. The van der Waals surface area contributed by atoms with Crippen molar-refractivity contribution in [2.24, 2.45) is 0 Å². The summed E-state index contributed by atoms with van der Waals surface area (Å²) in [5, 5.41) is 0. The Morgan fingerprint density at radius 2 is 1.80 bits per heavy atom. The van der Waals surface area contributed by atoms with Crippen molar-refractivity contribution in [3.8, 4) is 0 Å². The second kappa shape index (κ2) is 8.82. The molecule has 2 N–H and O–H groups in total. The van der Waals surface area contributed by atoms with Crippen LogP contribution in [0.1, 0.15) is 0 Å². The van der Waals surface area contributed by atoms with Gasteiger partial charge in [-0.05, 0) is 6.54 Å². The quantitative estimate of drug-likeness (QED) is 0.299. The summed E-state index contributed by atoms with van der Waals surface area (Å²) >= 11 is 0. The van der Waals surface area contributed by atoms with E-state index in [1.807, 2.05) is 0 Å². The van der Waals surface area contributed by atoms with E-state index in [2.05, 4.69) is 0 Å². The zero-order valence-electron chi connectivity index (χ0n) is 3.41. The molecule has 0 saturated carbocycles.